The van der Waals surface area contributed by atoms with Gasteiger partial charge in [-0.05, 0) is 18.8 Å². The van der Waals surface area contributed by atoms with E-state index >= 15 is 0 Å². The van der Waals surface area contributed by atoms with Crippen LogP contribution in [-0.2, 0) is 4.79 Å². The van der Waals surface area contributed by atoms with Crippen LogP contribution in [-0.4, -0.2) is 18.9 Å². The Hall–Kier alpha value is -0.370. The number of nitrogens with one attached hydrogen (secondary N) is 1. The van der Waals surface area contributed by atoms with E-state index in [0.29, 0.717) is 18.0 Å². The highest BCUT2D eigenvalue weighted by atomic mass is 16.1. The first-order valence-corrected chi connectivity index (χ1v) is 4.13. The van der Waals surface area contributed by atoms with Gasteiger partial charge in [0.25, 0.3) is 0 Å². The van der Waals surface area contributed by atoms with Crippen LogP contribution in [0.2, 0.25) is 0 Å². The van der Waals surface area contributed by atoms with E-state index in [1.807, 2.05) is 0 Å². The number of carbonyl (C=O) groups is 1. The monoisotopic (exact) mass is 157 g/mol. The van der Waals surface area contributed by atoms with E-state index in [-0.39, 0.29) is 0 Å². The van der Waals surface area contributed by atoms with Crippen molar-refractivity contribution in [1.82, 2.24) is 5.32 Å². The van der Waals surface area contributed by atoms with Gasteiger partial charge < -0.3 is 10.1 Å². The summed E-state index contributed by atoms with van der Waals surface area (Å²) in [6.07, 6.45) is 2.00. The lowest BCUT2D eigenvalue weighted by molar-refractivity contribution is -0.107. The van der Waals surface area contributed by atoms with Crippen molar-refractivity contribution in [3.8, 4) is 0 Å². The molecule has 0 aliphatic rings. The first-order chi connectivity index (χ1) is 4.95. The Morgan fingerprint density at radius 1 is 1.45 bits per heavy atom. The summed E-state index contributed by atoms with van der Waals surface area (Å²) in [4.78, 5) is 10.0. The Morgan fingerprint density at radius 2 is 2.00 bits per heavy atom. The molecule has 1 atom stereocenters. The van der Waals surface area contributed by atoms with Crippen molar-refractivity contribution >= 4 is 6.29 Å². The van der Waals surface area contributed by atoms with Crippen LogP contribution in [0.5, 0.6) is 0 Å². The normalized spacial score (nSPS) is 14.5. The van der Waals surface area contributed by atoms with Crippen LogP contribution in [0, 0.1) is 5.41 Å². The fourth-order valence-electron chi connectivity index (χ4n) is 1.24. The van der Waals surface area contributed by atoms with E-state index in [1.54, 1.807) is 0 Å². The molecule has 0 saturated heterocycles. The summed E-state index contributed by atoms with van der Waals surface area (Å²) in [7, 11) is 0. The van der Waals surface area contributed by atoms with Gasteiger partial charge in [0, 0.05) is 6.04 Å². The zero-order chi connectivity index (χ0) is 8.91. The summed E-state index contributed by atoms with van der Waals surface area (Å²) in [6.45, 7) is 9.18. The van der Waals surface area contributed by atoms with Crippen LogP contribution in [0.3, 0.4) is 0 Å². The second-order valence-electron chi connectivity index (χ2n) is 4.24. The summed E-state index contributed by atoms with van der Waals surface area (Å²) in [5.74, 6) is 0. The molecule has 0 radical (unpaired) electrons. The zero-order valence-corrected chi connectivity index (χ0v) is 7.98. The van der Waals surface area contributed by atoms with Gasteiger partial charge in [0.2, 0.25) is 0 Å². The molecule has 0 bridgehead atoms. The molecule has 0 heterocycles. The molecule has 0 rings (SSSR count). The standard InChI is InChI=1S/C9H19NO/c1-8(10-5-6-11)7-9(2,3)4/h6,8,10H,5,7H2,1-4H3. The Kier molecular flexibility index (Phi) is 4.34. The van der Waals surface area contributed by atoms with Crippen molar-refractivity contribution in [2.45, 2.75) is 40.2 Å². The molecule has 66 valence electrons. The second kappa shape index (κ2) is 4.50. The van der Waals surface area contributed by atoms with E-state index in [4.69, 9.17) is 0 Å². The van der Waals surface area contributed by atoms with E-state index in [1.165, 1.54) is 0 Å². The summed E-state index contributed by atoms with van der Waals surface area (Å²) in [5.41, 5.74) is 0.343. The third kappa shape index (κ3) is 7.53. The molecular formula is C9H19NO. The number of rotatable bonds is 4. The van der Waals surface area contributed by atoms with Crippen LogP contribution in [0.15, 0.2) is 0 Å². The Bertz CT molecular complexity index is 115. The second-order valence-corrected chi connectivity index (χ2v) is 4.24. The smallest absolute Gasteiger partial charge is 0.133 e. The average molecular weight is 157 g/mol. The quantitative estimate of drug-likeness (QED) is 0.628. The third-order valence-electron chi connectivity index (χ3n) is 1.47. The number of aldehydes is 1. The molecule has 1 unspecified atom stereocenters. The molecule has 2 heteroatoms. The maximum Gasteiger partial charge on any atom is 0.133 e. The van der Waals surface area contributed by atoms with E-state index in [0.717, 1.165) is 12.7 Å². The largest absolute Gasteiger partial charge is 0.308 e. The summed E-state index contributed by atoms with van der Waals surface area (Å²) >= 11 is 0. The van der Waals surface area contributed by atoms with Gasteiger partial charge in [-0.15, -0.1) is 0 Å². The van der Waals surface area contributed by atoms with Gasteiger partial charge in [-0.25, -0.2) is 0 Å². The van der Waals surface area contributed by atoms with Crippen LogP contribution in [0.4, 0.5) is 0 Å². The van der Waals surface area contributed by atoms with Gasteiger partial charge in [-0.3, -0.25) is 0 Å². The van der Waals surface area contributed by atoms with Crippen LogP contribution >= 0.6 is 0 Å². The average Bonchev–Trinajstić information content (AvgIpc) is 1.79. The molecule has 2 nitrogen and oxygen atoms in total. The van der Waals surface area contributed by atoms with E-state index in [9.17, 15) is 4.79 Å². The van der Waals surface area contributed by atoms with Crippen molar-refractivity contribution < 1.29 is 4.79 Å². The molecule has 0 aliphatic heterocycles. The minimum absolute atomic E-state index is 0.343. The molecule has 0 fully saturated rings. The van der Waals surface area contributed by atoms with Crippen LogP contribution < -0.4 is 5.32 Å². The molecule has 0 aliphatic carbocycles. The maximum absolute atomic E-state index is 10.0. The molecule has 0 aromatic rings. The predicted molar refractivity (Wildman–Crippen MR) is 47.6 cm³/mol. The Balaban J connectivity index is 3.51. The first kappa shape index (κ1) is 10.6. The van der Waals surface area contributed by atoms with E-state index < -0.39 is 0 Å². The molecule has 0 aromatic heterocycles. The van der Waals surface area contributed by atoms with Crippen LogP contribution in [0.1, 0.15) is 34.1 Å². The van der Waals surface area contributed by atoms with Crippen LogP contribution in [0.25, 0.3) is 0 Å². The lowest BCUT2D eigenvalue weighted by Gasteiger charge is -2.23. The lowest BCUT2D eigenvalue weighted by atomic mass is 9.89. The SMILES string of the molecule is CC(CC(C)(C)C)NCC=O. The van der Waals surface area contributed by atoms with Gasteiger partial charge in [0.15, 0.2) is 0 Å². The highest BCUT2D eigenvalue weighted by Gasteiger charge is 2.13. The zero-order valence-electron chi connectivity index (χ0n) is 7.98. The van der Waals surface area contributed by atoms with Crippen molar-refractivity contribution in [2.75, 3.05) is 6.54 Å². The Morgan fingerprint density at radius 3 is 2.36 bits per heavy atom. The summed E-state index contributed by atoms with van der Waals surface area (Å²) in [5, 5.41) is 3.12. The first-order valence-electron chi connectivity index (χ1n) is 4.13. The molecule has 0 spiro atoms. The Labute approximate surface area is 69.4 Å². The van der Waals surface area contributed by atoms with Gasteiger partial charge in [-0.1, -0.05) is 20.8 Å². The summed E-state index contributed by atoms with van der Waals surface area (Å²) in [6, 6.07) is 0.431. The minimum Gasteiger partial charge on any atom is -0.308 e. The predicted octanol–water partition coefficient (Wildman–Crippen LogP) is 1.60. The van der Waals surface area contributed by atoms with Crippen molar-refractivity contribution in [3.63, 3.8) is 0 Å². The molecule has 11 heavy (non-hydrogen) atoms. The highest BCUT2D eigenvalue weighted by molar-refractivity contribution is 5.51. The highest BCUT2D eigenvalue weighted by Crippen LogP contribution is 2.20. The fraction of sp³-hybridized carbons (Fsp3) is 0.889. The minimum atomic E-state index is 0.343. The van der Waals surface area contributed by atoms with E-state index in [2.05, 4.69) is 33.0 Å². The van der Waals surface area contributed by atoms with Gasteiger partial charge in [0.05, 0.1) is 6.54 Å². The number of hydrogen-bond acceptors (Lipinski definition) is 2. The van der Waals surface area contributed by atoms with Gasteiger partial charge >= 0.3 is 0 Å². The van der Waals surface area contributed by atoms with Gasteiger partial charge in [-0.2, -0.15) is 0 Å². The van der Waals surface area contributed by atoms with Crippen molar-refractivity contribution in [1.29, 1.82) is 0 Å². The lowest BCUT2D eigenvalue weighted by Crippen LogP contribution is -2.31. The topological polar surface area (TPSA) is 29.1 Å². The number of hydrogen-bond donors (Lipinski definition) is 1. The molecule has 0 aromatic carbocycles. The van der Waals surface area contributed by atoms with Crippen molar-refractivity contribution in [3.05, 3.63) is 0 Å². The third-order valence-corrected chi connectivity index (χ3v) is 1.47. The van der Waals surface area contributed by atoms with Gasteiger partial charge in [0.1, 0.15) is 6.29 Å². The fourth-order valence-corrected chi connectivity index (χ4v) is 1.24. The van der Waals surface area contributed by atoms with Crippen molar-refractivity contribution in [2.24, 2.45) is 5.41 Å². The molecular weight excluding hydrogens is 138 g/mol. The molecule has 0 amide bonds. The molecule has 1 N–H and O–H groups in total. The number of carbonyl (C=O) groups excluding carboxylic acids is 1. The maximum atomic E-state index is 10.0. The summed E-state index contributed by atoms with van der Waals surface area (Å²) < 4.78 is 0. The molecule has 0 saturated carbocycles.